The molecule has 15 nitrogen and oxygen atoms in total. The van der Waals surface area contributed by atoms with Crippen molar-refractivity contribution in [2.45, 2.75) is 63.5 Å². The Morgan fingerprint density at radius 2 is 1.61 bits per heavy atom. The Balaban J connectivity index is 0.766. The fourth-order valence-electron chi connectivity index (χ4n) is 8.36. The molecule has 1 aromatic heterocycles. The van der Waals surface area contributed by atoms with Gasteiger partial charge in [0, 0.05) is 69.7 Å². The number of piperazine rings is 1. The zero-order valence-corrected chi connectivity index (χ0v) is 32.1. The van der Waals surface area contributed by atoms with Crippen LogP contribution in [0.1, 0.15) is 88.1 Å². The van der Waals surface area contributed by atoms with E-state index in [2.05, 4.69) is 35.0 Å². The number of hydrogen-bond acceptors (Lipinski definition) is 12. The number of aliphatic imine (C=N–C) groups is 1. The quantitative estimate of drug-likeness (QED) is 0.324. The van der Waals surface area contributed by atoms with Crippen LogP contribution in [0.25, 0.3) is 0 Å². The molecule has 3 saturated heterocycles. The first-order chi connectivity index (χ1) is 27.6. The second-order valence-corrected chi connectivity index (χ2v) is 15.6. The molecule has 0 bridgehead atoms. The van der Waals surface area contributed by atoms with E-state index in [1.54, 1.807) is 36.5 Å². The lowest BCUT2D eigenvalue weighted by atomic mass is 9.95. The molecule has 57 heavy (non-hydrogen) atoms. The van der Waals surface area contributed by atoms with Crippen molar-refractivity contribution in [3.05, 3.63) is 76.2 Å². The van der Waals surface area contributed by atoms with Crippen molar-refractivity contribution < 1.29 is 28.7 Å². The van der Waals surface area contributed by atoms with Crippen molar-refractivity contribution in [2.24, 2.45) is 10.9 Å². The summed E-state index contributed by atoms with van der Waals surface area (Å²) < 4.78 is 6.05. The van der Waals surface area contributed by atoms with E-state index in [9.17, 15) is 24.0 Å². The number of ether oxygens (including phenoxy) is 1. The van der Waals surface area contributed by atoms with Gasteiger partial charge < -0.3 is 14.5 Å². The van der Waals surface area contributed by atoms with Gasteiger partial charge in [0.2, 0.25) is 11.8 Å². The number of nitrogens with one attached hydrogen (secondary N) is 1. The lowest BCUT2D eigenvalue weighted by molar-refractivity contribution is -0.136. The zero-order chi connectivity index (χ0) is 39.6. The second-order valence-electron chi connectivity index (χ2n) is 15.2. The molecule has 5 heterocycles. The molecule has 1 saturated carbocycles. The molecule has 3 aromatic rings. The molecule has 4 aliphatic heterocycles. The number of amides is 5. The summed E-state index contributed by atoms with van der Waals surface area (Å²) in [5.74, 6) is -0.479. The number of fused-ring (bicyclic) bond motifs is 1. The second kappa shape index (κ2) is 16.4. The van der Waals surface area contributed by atoms with Crippen molar-refractivity contribution in [2.75, 3.05) is 55.6 Å². The van der Waals surface area contributed by atoms with Gasteiger partial charge in [-0.3, -0.25) is 39.1 Å². The van der Waals surface area contributed by atoms with Gasteiger partial charge in [0.15, 0.2) is 0 Å². The summed E-state index contributed by atoms with van der Waals surface area (Å²) in [6.45, 7) is 6.02. The standard InChI is InChI=1S/C41H42ClN9O6/c42-33-20-30(5-1-26(33)21-43)57-29-6-2-27(3-7-29)46-38(53)34-22-45-36(23-44-34)50-13-11-25(12-14-50)24-48-15-17-49(18-16-48)28-4-8-31-32(19-28)41(56)51(40(31)55)35-9-10-37(52)47-39(35)54/h1,4-5,8,19-20,22-23,25,29,35H,2-3,6-7,9-18,24H2,(H,47,52,54). The van der Waals surface area contributed by atoms with Crippen LogP contribution in [0, 0.1) is 17.2 Å². The summed E-state index contributed by atoms with van der Waals surface area (Å²) in [4.78, 5) is 84.6. The van der Waals surface area contributed by atoms with Crippen LogP contribution >= 0.6 is 11.6 Å². The number of imide groups is 2. The molecule has 294 valence electrons. The van der Waals surface area contributed by atoms with Crippen LogP contribution in [0.15, 0.2) is 53.8 Å². The van der Waals surface area contributed by atoms with Gasteiger partial charge in [-0.05, 0) is 81.2 Å². The fourth-order valence-corrected chi connectivity index (χ4v) is 8.57. The van der Waals surface area contributed by atoms with Gasteiger partial charge in [-0.1, -0.05) is 11.6 Å². The van der Waals surface area contributed by atoms with Gasteiger partial charge in [0.25, 0.3) is 17.7 Å². The van der Waals surface area contributed by atoms with E-state index < -0.39 is 35.6 Å². The number of hydrogen-bond donors (Lipinski definition) is 1. The van der Waals surface area contributed by atoms with E-state index in [0.29, 0.717) is 40.7 Å². The minimum absolute atomic E-state index is 0.0225. The predicted octanol–water partition coefficient (Wildman–Crippen LogP) is 4.04. The first-order valence-corrected chi connectivity index (χ1v) is 19.9. The summed E-state index contributed by atoms with van der Waals surface area (Å²) >= 11 is 6.13. The van der Waals surface area contributed by atoms with Crippen LogP contribution in [-0.2, 0) is 9.59 Å². The SMILES string of the molecule is N#Cc1ccc(OC2CCC(=NC(=O)c3cnc(N4CCC(CN5CCN(c6ccc7c(c6)C(=O)N(C6CCC(=O)NC6=O)C7=O)CC5)CC4)cn3)CC2)cc1Cl. The maximum Gasteiger partial charge on any atom is 0.297 e. The lowest BCUT2D eigenvalue weighted by Gasteiger charge is -2.39. The van der Waals surface area contributed by atoms with Crippen LogP contribution in [0.3, 0.4) is 0 Å². The van der Waals surface area contributed by atoms with Gasteiger partial charge >= 0.3 is 0 Å². The van der Waals surface area contributed by atoms with Crippen molar-refractivity contribution in [3.63, 3.8) is 0 Å². The minimum Gasteiger partial charge on any atom is -0.490 e. The van der Waals surface area contributed by atoms with Crippen molar-refractivity contribution in [1.29, 1.82) is 5.26 Å². The molecule has 0 radical (unpaired) electrons. The Morgan fingerprint density at radius 3 is 2.30 bits per heavy atom. The lowest BCUT2D eigenvalue weighted by Crippen LogP contribution is -2.54. The number of benzene rings is 2. The normalized spacial score (nSPS) is 22.0. The predicted molar refractivity (Wildman–Crippen MR) is 210 cm³/mol. The summed E-state index contributed by atoms with van der Waals surface area (Å²) in [7, 11) is 0. The molecule has 5 amide bonds. The zero-order valence-electron chi connectivity index (χ0n) is 31.4. The third-order valence-electron chi connectivity index (χ3n) is 11.6. The number of carbonyl (C=O) groups excluding carboxylic acids is 5. The monoisotopic (exact) mass is 791 g/mol. The van der Waals surface area contributed by atoms with Gasteiger partial charge in [-0.15, -0.1) is 0 Å². The molecular weight excluding hydrogens is 750 g/mol. The van der Waals surface area contributed by atoms with E-state index in [-0.39, 0.29) is 30.2 Å². The number of nitrogens with zero attached hydrogens (tertiary/aromatic N) is 8. The smallest absolute Gasteiger partial charge is 0.297 e. The van der Waals surface area contributed by atoms with E-state index in [0.717, 1.165) is 93.6 Å². The van der Waals surface area contributed by atoms with Gasteiger partial charge in [0.1, 0.15) is 29.4 Å². The molecule has 1 aliphatic carbocycles. The third kappa shape index (κ3) is 8.24. The number of piperidine rings is 2. The molecule has 1 unspecified atom stereocenters. The average Bonchev–Trinajstić information content (AvgIpc) is 3.47. The highest BCUT2D eigenvalue weighted by atomic mass is 35.5. The number of aromatic nitrogens is 2. The maximum atomic E-state index is 13.3. The molecule has 4 fully saturated rings. The Morgan fingerprint density at radius 1 is 0.860 bits per heavy atom. The number of nitriles is 1. The topological polar surface area (TPSA) is 182 Å². The van der Waals surface area contributed by atoms with Crippen LogP contribution in [-0.4, -0.2) is 113 Å². The average molecular weight is 792 g/mol. The van der Waals surface area contributed by atoms with Crippen LogP contribution < -0.4 is 19.9 Å². The maximum absolute atomic E-state index is 13.3. The third-order valence-corrected chi connectivity index (χ3v) is 11.9. The molecule has 0 spiro atoms. The number of halogens is 1. The van der Waals surface area contributed by atoms with Crippen LogP contribution in [0.5, 0.6) is 5.75 Å². The largest absolute Gasteiger partial charge is 0.490 e. The Labute approximate surface area is 334 Å². The highest BCUT2D eigenvalue weighted by Gasteiger charge is 2.45. The van der Waals surface area contributed by atoms with E-state index in [4.69, 9.17) is 21.6 Å². The summed E-state index contributed by atoms with van der Waals surface area (Å²) in [5, 5.41) is 11.7. The van der Waals surface area contributed by atoms with Crippen molar-refractivity contribution in [1.82, 2.24) is 25.1 Å². The highest BCUT2D eigenvalue weighted by Crippen LogP contribution is 2.32. The Kier molecular flexibility index (Phi) is 11.0. The van der Waals surface area contributed by atoms with E-state index in [1.807, 2.05) is 12.1 Å². The molecule has 2 aromatic carbocycles. The first kappa shape index (κ1) is 38.2. The number of carbonyl (C=O) groups is 5. The van der Waals surface area contributed by atoms with Gasteiger partial charge in [-0.25, -0.2) is 15.0 Å². The molecular formula is C41H42ClN9O6. The van der Waals surface area contributed by atoms with E-state index >= 15 is 0 Å². The Bertz CT molecular complexity index is 2160. The van der Waals surface area contributed by atoms with Crippen molar-refractivity contribution >= 4 is 58.4 Å². The summed E-state index contributed by atoms with van der Waals surface area (Å²) in [6, 6.07) is 11.4. The molecule has 5 aliphatic rings. The van der Waals surface area contributed by atoms with E-state index in [1.165, 1.54) is 6.20 Å². The Hall–Kier alpha value is -5.72. The summed E-state index contributed by atoms with van der Waals surface area (Å²) in [5.41, 5.74) is 2.90. The van der Waals surface area contributed by atoms with Crippen molar-refractivity contribution in [3.8, 4) is 11.8 Å². The fraction of sp³-hybridized carbons (Fsp3) is 0.439. The van der Waals surface area contributed by atoms with Gasteiger partial charge in [-0.2, -0.15) is 5.26 Å². The number of rotatable bonds is 8. The molecule has 1 N–H and O–H groups in total. The number of anilines is 2. The van der Waals surface area contributed by atoms with Crippen LogP contribution in [0.2, 0.25) is 5.02 Å². The van der Waals surface area contributed by atoms with Gasteiger partial charge in [0.05, 0.1) is 40.2 Å². The molecule has 1 atom stereocenters. The van der Waals surface area contributed by atoms with Crippen LogP contribution in [0.4, 0.5) is 11.5 Å². The highest BCUT2D eigenvalue weighted by molar-refractivity contribution is 6.31. The summed E-state index contributed by atoms with van der Waals surface area (Å²) in [6.07, 6.45) is 8.14. The molecule has 16 heteroatoms. The first-order valence-electron chi connectivity index (χ1n) is 19.5. The minimum atomic E-state index is -0.979. The molecule has 8 rings (SSSR count).